The van der Waals surface area contributed by atoms with Crippen LogP contribution in [0.1, 0.15) is 25.0 Å². The van der Waals surface area contributed by atoms with Gasteiger partial charge in [-0.25, -0.2) is 0 Å². The Bertz CT molecular complexity index is 444. The fourth-order valence-electron chi connectivity index (χ4n) is 2.01. The van der Waals surface area contributed by atoms with E-state index in [0.717, 1.165) is 11.1 Å². The number of rotatable bonds is 1. The van der Waals surface area contributed by atoms with Crippen LogP contribution in [0.4, 0.5) is 0 Å². The van der Waals surface area contributed by atoms with Crippen LogP contribution in [0.15, 0.2) is 30.3 Å². The minimum Gasteiger partial charge on any atom is -0.344 e. The van der Waals surface area contributed by atoms with E-state index in [0.29, 0.717) is 0 Å². The summed E-state index contributed by atoms with van der Waals surface area (Å²) in [5.74, 6) is -0.00162. The predicted octanol–water partition coefficient (Wildman–Crippen LogP) is 2.29. The van der Waals surface area contributed by atoms with Crippen molar-refractivity contribution in [1.29, 1.82) is 0 Å². The highest BCUT2D eigenvalue weighted by atomic mass is 16.1. The summed E-state index contributed by atoms with van der Waals surface area (Å²) in [6.07, 6.45) is 1.70. The van der Waals surface area contributed by atoms with E-state index in [1.807, 2.05) is 26.0 Å². The first-order valence-electron chi connectivity index (χ1n) is 5.11. The van der Waals surface area contributed by atoms with Crippen molar-refractivity contribution in [3.05, 3.63) is 41.5 Å². The summed E-state index contributed by atoms with van der Waals surface area (Å²) in [5.41, 5.74) is 3.17. The number of carbonyl (C=O) groups excluding carboxylic acids is 1. The Labute approximate surface area is 90.0 Å². The van der Waals surface area contributed by atoms with E-state index in [1.165, 1.54) is 5.56 Å². The lowest BCUT2D eigenvalue weighted by Crippen LogP contribution is -2.37. The molecule has 0 atom stereocenters. The Hall–Kier alpha value is -1.57. The number of nitrogens with one attached hydrogen (secondary N) is 1. The molecule has 2 nitrogen and oxygen atoms in total. The SMILES string of the molecule is Cc1ccccc1C1=CC(=O)NC1(C)C. The number of benzene rings is 1. The van der Waals surface area contributed by atoms with E-state index < -0.39 is 0 Å². The first kappa shape index (κ1) is 9.97. The molecule has 0 spiro atoms. The molecule has 0 aromatic heterocycles. The van der Waals surface area contributed by atoms with E-state index in [4.69, 9.17) is 0 Å². The fourth-order valence-corrected chi connectivity index (χ4v) is 2.01. The van der Waals surface area contributed by atoms with Gasteiger partial charge in [-0.15, -0.1) is 0 Å². The lowest BCUT2D eigenvalue weighted by molar-refractivity contribution is -0.116. The van der Waals surface area contributed by atoms with Gasteiger partial charge < -0.3 is 5.32 Å². The molecule has 0 saturated heterocycles. The summed E-state index contributed by atoms with van der Waals surface area (Å²) in [6, 6.07) is 8.14. The third kappa shape index (κ3) is 1.67. The molecule has 1 aromatic carbocycles. The van der Waals surface area contributed by atoms with Crippen molar-refractivity contribution >= 4 is 11.5 Å². The number of aryl methyl sites for hydroxylation is 1. The molecule has 15 heavy (non-hydrogen) atoms. The highest BCUT2D eigenvalue weighted by Crippen LogP contribution is 2.32. The maximum absolute atomic E-state index is 11.4. The van der Waals surface area contributed by atoms with Gasteiger partial charge in [0, 0.05) is 6.08 Å². The minimum absolute atomic E-state index is 0.00162. The fraction of sp³-hybridized carbons (Fsp3) is 0.308. The molecule has 1 aromatic rings. The molecule has 2 heteroatoms. The number of amides is 1. The maximum Gasteiger partial charge on any atom is 0.245 e. The largest absolute Gasteiger partial charge is 0.344 e. The molecule has 0 radical (unpaired) electrons. The number of hydrogen-bond acceptors (Lipinski definition) is 1. The summed E-state index contributed by atoms with van der Waals surface area (Å²) in [4.78, 5) is 11.4. The number of carbonyl (C=O) groups is 1. The molecule has 0 bridgehead atoms. The van der Waals surface area contributed by atoms with Crippen LogP contribution in [0, 0.1) is 6.92 Å². The summed E-state index contributed by atoms with van der Waals surface area (Å²) >= 11 is 0. The second kappa shape index (κ2) is 3.23. The second-order valence-corrected chi connectivity index (χ2v) is 4.49. The average molecular weight is 201 g/mol. The summed E-state index contributed by atoms with van der Waals surface area (Å²) in [5, 5.41) is 2.94. The zero-order chi connectivity index (χ0) is 11.1. The van der Waals surface area contributed by atoms with Crippen molar-refractivity contribution in [3.8, 4) is 0 Å². The number of hydrogen-bond donors (Lipinski definition) is 1. The molecule has 78 valence electrons. The van der Waals surface area contributed by atoms with Crippen molar-refractivity contribution < 1.29 is 4.79 Å². The Morgan fingerprint density at radius 2 is 1.87 bits per heavy atom. The topological polar surface area (TPSA) is 29.1 Å². The van der Waals surface area contributed by atoms with Gasteiger partial charge in [-0.3, -0.25) is 4.79 Å². The molecule has 1 heterocycles. The Kier molecular flexibility index (Phi) is 2.14. The van der Waals surface area contributed by atoms with E-state index in [1.54, 1.807) is 6.08 Å². The molecule has 0 aliphatic carbocycles. The zero-order valence-corrected chi connectivity index (χ0v) is 9.29. The van der Waals surface area contributed by atoms with E-state index in [2.05, 4.69) is 24.4 Å². The third-order valence-electron chi connectivity index (χ3n) is 2.82. The highest BCUT2D eigenvalue weighted by molar-refractivity contribution is 6.03. The van der Waals surface area contributed by atoms with Gasteiger partial charge in [0.1, 0.15) is 0 Å². The standard InChI is InChI=1S/C13H15NO/c1-9-6-4-5-7-10(9)11-8-12(15)14-13(11,2)3/h4-8H,1-3H3,(H,14,15). The molecule has 1 aliphatic heterocycles. The van der Waals surface area contributed by atoms with Gasteiger partial charge in [0.2, 0.25) is 5.91 Å². The maximum atomic E-state index is 11.4. The van der Waals surface area contributed by atoms with Crippen LogP contribution in [-0.4, -0.2) is 11.4 Å². The molecule has 0 fully saturated rings. The lowest BCUT2D eigenvalue weighted by atomic mass is 9.88. The Balaban J connectivity index is 2.53. The molecule has 0 unspecified atom stereocenters. The first-order valence-corrected chi connectivity index (χ1v) is 5.11. The van der Waals surface area contributed by atoms with Crippen LogP contribution in [0.2, 0.25) is 0 Å². The predicted molar refractivity (Wildman–Crippen MR) is 61.4 cm³/mol. The zero-order valence-electron chi connectivity index (χ0n) is 9.29. The van der Waals surface area contributed by atoms with Gasteiger partial charge in [-0.2, -0.15) is 0 Å². The van der Waals surface area contributed by atoms with Crippen molar-refractivity contribution in [2.75, 3.05) is 0 Å². The quantitative estimate of drug-likeness (QED) is 0.742. The van der Waals surface area contributed by atoms with Crippen molar-refractivity contribution in [3.63, 3.8) is 0 Å². The molecule has 1 N–H and O–H groups in total. The Morgan fingerprint density at radius 1 is 1.20 bits per heavy atom. The second-order valence-electron chi connectivity index (χ2n) is 4.49. The molecule has 1 amide bonds. The van der Waals surface area contributed by atoms with Gasteiger partial charge in [-0.1, -0.05) is 24.3 Å². The van der Waals surface area contributed by atoms with Crippen molar-refractivity contribution in [2.24, 2.45) is 0 Å². The van der Waals surface area contributed by atoms with Crippen molar-refractivity contribution in [2.45, 2.75) is 26.3 Å². The van der Waals surface area contributed by atoms with Gasteiger partial charge in [0.05, 0.1) is 5.54 Å². The smallest absolute Gasteiger partial charge is 0.245 e. The van der Waals surface area contributed by atoms with E-state index >= 15 is 0 Å². The minimum atomic E-state index is -0.261. The Morgan fingerprint density at radius 3 is 2.40 bits per heavy atom. The summed E-state index contributed by atoms with van der Waals surface area (Å²) in [6.45, 7) is 6.11. The summed E-state index contributed by atoms with van der Waals surface area (Å²) in [7, 11) is 0. The van der Waals surface area contributed by atoms with Gasteiger partial charge in [-0.05, 0) is 37.5 Å². The van der Waals surface area contributed by atoms with Gasteiger partial charge >= 0.3 is 0 Å². The van der Waals surface area contributed by atoms with Crippen LogP contribution in [-0.2, 0) is 4.79 Å². The monoisotopic (exact) mass is 201 g/mol. The van der Waals surface area contributed by atoms with Crippen LogP contribution in [0.25, 0.3) is 5.57 Å². The third-order valence-corrected chi connectivity index (χ3v) is 2.82. The molecule has 2 rings (SSSR count). The highest BCUT2D eigenvalue weighted by Gasteiger charge is 2.32. The molecule has 0 saturated carbocycles. The molecular formula is C13H15NO. The van der Waals surface area contributed by atoms with E-state index in [9.17, 15) is 4.79 Å². The van der Waals surface area contributed by atoms with Crippen LogP contribution < -0.4 is 5.32 Å². The lowest BCUT2D eigenvalue weighted by Gasteiger charge is -2.24. The molecule has 1 aliphatic rings. The van der Waals surface area contributed by atoms with Gasteiger partial charge in [0.25, 0.3) is 0 Å². The first-order chi connectivity index (χ1) is 7.00. The van der Waals surface area contributed by atoms with E-state index in [-0.39, 0.29) is 11.4 Å². The molecular weight excluding hydrogens is 186 g/mol. The van der Waals surface area contributed by atoms with Gasteiger partial charge in [0.15, 0.2) is 0 Å². The normalized spacial score (nSPS) is 18.6. The van der Waals surface area contributed by atoms with Crippen LogP contribution in [0.5, 0.6) is 0 Å². The average Bonchev–Trinajstić information content (AvgIpc) is 2.40. The van der Waals surface area contributed by atoms with Crippen LogP contribution in [0.3, 0.4) is 0 Å². The van der Waals surface area contributed by atoms with Crippen molar-refractivity contribution in [1.82, 2.24) is 5.32 Å². The summed E-state index contributed by atoms with van der Waals surface area (Å²) < 4.78 is 0. The van der Waals surface area contributed by atoms with Crippen LogP contribution >= 0.6 is 0 Å².